The number of benzene rings is 2. The number of likely N-dealkylation sites (N-methyl/N-ethyl adjacent to an activating group) is 1. The van der Waals surface area contributed by atoms with Crippen LogP contribution in [-0.4, -0.2) is 96.5 Å². The Kier molecular flexibility index (Phi) is 16.3. The van der Waals surface area contributed by atoms with Gasteiger partial charge in [-0.3, -0.25) is 9.59 Å². The molecule has 0 spiro atoms. The van der Waals surface area contributed by atoms with Crippen LogP contribution in [0.4, 0.5) is 0 Å². The number of nitrogens with zero attached hydrogens (tertiary/aromatic N) is 1. The van der Waals surface area contributed by atoms with Crippen LogP contribution in [0.25, 0.3) is 6.08 Å². The van der Waals surface area contributed by atoms with Crippen molar-refractivity contribution in [3.63, 3.8) is 0 Å². The highest BCUT2D eigenvalue weighted by molar-refractivity contribution is 5.97. The Labute approximate surface area is 308 Å². The van der Waals surface area contributed by atoms with E-state index < -0.39 is 36.1 Å². The molecule has 11 nitrogen and oxygen atoms in total. The lowest BCUT2D eigenvalue weighted by Crippen LogP contribution is -2.51. The number of rotatable bonds is 21. The largest absolute Gasteiger partial charge is 0.499 e. The third-order valence-electron chi connectivity index (χ3n) is 9.50. The first-order valence-electron chi connectivity index (χ1n) is 18.7. The van der Waals surface area contributed by atoms with E-state index in [9.17, 15) is 19.5 Å². The molecule has 1 aliphatic heterocycles. The van der Waals surface area contributed by atoms with Gasteiger partial charge in [-0.1, -0.05) is 82.0 Å². The number of ether oxygens (including phenoxy) is 4. The molecule has 0 aromatic heterocycles. The lowest BCUT2D eigenvalue weighted by molar-refractivity contribution is -0.190. The molecule has 11 heteroatoms. The van der Waals surface area contributed by atoms with E-state index in [0.717, 1.165) is 44.1 Å². The predicted molar refractivity (Wildman–Crippen MR) is 198 cm³/mol. The number of fused-ring (bicyclic) bond motifs is 1. The summed E-state index contributed by atoms with van der Waals surface area (Å²) in [5.74, 6) is -2.20. The maximum absolute atomic E-state index is 14.3. The Morgan fingerprint density at radius 2 is 1.71 bits per heavy atom. The number of aliphatic hydroxyl groups excluding tert-OH is 2. The highest BCUT2D eigenvalue weighted by Gasteiger charge is 2.52. The van der Waals surface area contributed by atoms with Gasteiger partial charge in [-0.05, 0) is 48.3 Å². The molecule has 3 N–H and O–H groups in total. The van der Waals surface area contributed by atoms with Gasteiger partial charge >= 0.3 is 5.97 Å². The number of aliphatic hydroxyl groups is 2. The van der Waals surface area contributed by atoms with Gasteiger partial charge in [-0.25, -0.2) is 4.79 Å². The average Bonchev–Trinajstić information content (AvgIpc) is 3.53. The molecule has 1 fully saturated rings. The minimum atomic E-state index is -0.871. The van der Waals surface area contributed by atoms with Crippen molar-refractivity contribution in [2.24, 2.45) is 0 Å². The smallest absolute Gasteiger partial charge is 0.338 e. The molecule has 4 unspecified atom stereocenters. The van der Waals surface area contributed by atoms with Crippen LogP contribution >= 0.6 is 0 Å². The number of esters is 1. The molecule has 2 amide bonds. The summed E-state index contributed by atoms with van der Waals surface area (Å²) in [5, 5.41) is 21.1. The Morgan fingerprint density at radius 3 is 2.38 bits per heavy atom. The Morgan fingerprint density at radius 1 is 0.981 bits per heavy atom. The zero-order valence-corrected chi connectivity index (χ0v) is 30.8. The van der Waals surface area contributed by atoms with Gasteiger partial charge in [0, 0.05) is 44.8 Å². The summed E-state index contributed by atoms with van der Waals surface area (Å²) in [6, 6.07) is 15.5. The second-order valence-corrected chi connectivity index (χ2v) is 13.5. The van der Waals surface area contributed by atoms with Gasteiger partial charge in [0.15, 0.2) is 5.79 Å². The van der Waals surface area contributed by atoms with Gasteiger partial charge in [0.2, 0.25) is 11.8 Å². The van der Waals surface area contributed by atoms with Crippen LogP contribution in [0.2, 0.25) is 0 Å². The standard InChI is InChI=1S/C41H56N2O9/c1-4-6-11-19-41(20-12-7-5-2)51-36-29-33(39(47)43(3)34(38(46)42-21-22-44)27-30-14-9-8-10-15-30)28-35(37(36)52-41)50-40(48)32-17-13-16-31(26-32)18-24-49-25-23-45/h8-10,13-18,24,26,29,34-37,44-45H,4-7,11-12,19-23,25,27-28H2,1-3H3,(H,42,46). The number of nitrogens with one attached hydrogen (secondary N) is 1. The highest BCUT2D eigenvalue weighted by atomic mass is 16.8. The molecule has 2 aromatic carbocycles. The van der Waals surface area contributed by atoms with E-state index >= 15 is 0 Å². The molecule has 0 bridgehead atoms. The van der Waals surface area contributed by atoms with Gasteiger partial charge in [0.05, 0.1) is 25.0 Å². The van der Waals surface area contributed by atoms with Crippen molar-refractivity contribution in [3.05, 3.63) is 89.2 Å². The van der Waals surface area contributed by atoms with Gasteiger partial charge in [0.25, 0.3) is 0 Å². The van der Waals surface area contributed by atoms with E-state index in [1.54, 1.807) is 37.4 Å². The van der Waals surface area contributed by atoms with Crippen molar-refractivity contribution < 1.29 is 43.5 Å². The van der Waals surface area contributed by atoms with Crippen molar-refractivity contribution in [1.29, 1.82) is 0 Å². The van der Waals surface area contributed by atoms with E-state index in [0.29, 0.717) is 29.5 Å². The first-order chi connectivity index (χ1) is 25.2. The number of hydrogen-bond acceptors (Lipinski definition) is 9. The van der Waals surface area contributed by atoms with Crippen LogP contribution < -0.4 is 5.32 Å². The zero-order valence-electron chi connectivity index (χ0n) is 30.8. The number of hydrogen-bond donors (Lipinski definition) is 3. The Hall–Kier alpha value is -4.03. The molecule has 52 heavy (non-hydrogen) atoms. The zero-order chi connectivity index (χ0) is 37.3. The van der Waals surface area contributed by atoms with Gasteiger partial charge in [-0.15, -0.1) is 0 Å². The summed E-state index contributed by atoms with van der Waals surface area (Å²) in [6.45, 7) is 4.18. The molecule has 1 aliphatic carbocycles. The lowest BCUT2D eigenvalue weighted by Gasteiger charge is -2.33. The number of carbonyl (C=O) groups excluding carboxylic acids is 3. The average molecular weight is 721 g/mol. The van der Waals surface area contributed by atoms with E-state index in [-0.39, 0.29) is 51.0 Å². The fraction of sp³-hybridized carbons (Fsp3) is 0.537. The summed E-state index contributed by atoms with van der Waals surface area (Å²) < 4.78 is 25.0. The first-order valence-corrected chi connectivity index (χ1v) is 18.7. The van der Waals surface area contributed by atoms with Crippen molar-refractivity contribution in [3.8, 4) is 0 Å². The van der Waals surface area contributed by atoms with Crippen molar-refractivity contribution in [2.75, 3.05) is 33.4 Å². The summed E-state index contributed by atoms with van der Waals surface area (Å²) in [6.07, 6.45) is 10.5. The molecule has 2 aromatic rings. The van der Waals surface area contributed by atoms with E-state index in [4.69, 9.17) is 24.1 Å². The molecule has 4 rings (SSSR count). The van der Waals surface area contributed by atoms with Crippen LogP contribution in [0, 0.1) is 0 Å². The lowest BCUT2D eigenvalue weighted by atomic mass is 9.90. The first kappa shape index (κ1) is 40.7. The van der Waals surface area contributed by atoms with Crippen LogP contribution in [-0.2, 0) is 35.0 Å². The fourth-order valence-electron chi connectivity index (χ4n) is 6.72. The van der Waals surface area contributed by atoms with Crippen LogP contribution in [0.15, 0.2) is 72.5 Å². The van der Waals surface area contributed by atoms with E-state index in [1.165, 1.54) is 11.2 Å². The number of carbonyl (C=O) groups is 3. The fourth-order valence-corrected chi connectivity index (χ4v) is 6.72. The molecule has 2 aliphatic rings. The third kappa shape index (κ3) is 11.5. The van der Waals surface area contributed by atoms with Gasteiger partial charge in [-0.2, -0.15) is 0 Å². The Bertz CT molecular complexity index is 1480. The van der Waals surface area contributed by atoms with Crippen LogP contribution in [0.5, 0.6) is 0 Å². The SMILES string of the molecule is CCCCCC1(CCCCC)OC2C=C(C(=O)N(C)C(Cc3ccccc3)C(=O)NCCO)CC(OC(=O)c3cccc(C=COCCO)c3)C2O1. The Balaban J connectivity index is 1.64. The summed E-state index contributed by atoms with van der Waals surface area (Å²) in [5.41, 5.74) is 2.28. The number of unbranched alkanes of at least 4 members (excludes halogenated alkanes) is 4. The van der Waals surface area contributed by atoms with Crippen molar-refractivity contribution in [1.82, 2.24) is 10.2 Å². The molecule has 1 saturated heterocycles. The number of amides is 2. The quantitative estimate of drug-likeness (QED) is 0.0885. The maximum Gasteiger partial charge on any atom is 0.338 e. The second kappa shape index (κ2) is 20.9. The normalized spacial score (nSPS) is 19.8. The van der Waals surface area contributed by atoms with Gasteiger partial charge < -0.3 is 39.4 Å². The summed E-state index contributed by atoms with van der Waals surface area (Å²) >= 11 is 0. The summed E-state index contributed by atoms with van der Waals surface area (Å²) in [7, 11) is 1.59. The minimum Gasteiger partial charge on any atom is -0.499 e. The van der Waals surface area contributed by atoms with Crippen molar-refractivity contribution in [2.45, 2.75) is 108 Å². The van der Waals surface area contributed by atoms with E-state index in [2.05, 4.69) is 19.2 Å². The highest BCUT2D eigenvalue weighted by Crippen LogP contribution is 2.43. The molecule has 284 valence electrons. The minimum absolute atomic E-state index is 0.0621. The molecule has 4 atom stereocenters. The topological polar surface area (TPSA) is 144 Å². The summed E-state index contributed by atoms with van der Waals surface area (Å²) in [4.78, 5) is 42.9. The molecular formula is C41H56N2O9. The van der Waals surface area contributed by atoms with E-state index in [1.807, 2.05) is 36.4 Å². The van der Waals surface area contributed by atoms with Gasteiger partial charge in [0.1, 0.15) is 31.0 Å². The van der Waals surface area contributed by atoms with Crippen molar-refractivity contribution >= 4 is 23.9 Å². The monoisotopic (exact) mass is 720 g/mol. The molecular weight excluding hydrogens is 664 g/mol. The van der Waals surface area contributed by atoms with Crippen LogP contribution in [0.1, 0.15) is 93.1 Å². The predicted octanol–water partition coefficient (Wildman–Crippen LogP) is 5.34. The third-order valence-corrected chi connectivity index (χ3v) is 9.50. The molecule has 0 saturated carbocycles. The molecule has 0 radical (unpaired) electrons. The molecule has 1 heterocycles. The maximum atomic E-state index is 14.3. The second-order valence-electron chi connectivity index (χ2n) is 13.5. The van der Waals surface area contributed by atoms with Crippen LogP contribution in [0.3, 0.4) is 0 Å².